The highest BCUT2D eigenvalue weighted by Gasteiger charge is 2.13. The Balaban J connectivity index is 2.81. The van der Waals surface area contributed by atoms with Crippen molar-refractivity contribution in [2.45, 2.75) is 0 Å². The number of pyridine rings is 1. The van der Waals surface area contributed by atoms with Crippen molar-refractivity contribution < 1.29 is 9.90 Å². The molecule has 0 saturated carbocycles. The minimum atomic E-state index is -1.17. The van der Waals surface area contributed by atoms with Crippen LogP contribution in [-0.2, 0) is 0 Å². The van der Waals surface area contributed by atoms with Crippen molar-refractivity contribution in [3.8, 4) is 0 Å². The molecule has 0 fully saturated rings. The number of carboxylic acid groups (broad SMARTS) is 1. The van der Waals surface area contributed by atoms with E-state index in [0.717, 1.165) is 0 Å². The second-order valence-electron chi connectivity index (χ2n) is 2.55. The number of hydrogen-bond acceptors (Lipinski definition) is 4. The Hall–Kier alpha value is -1.75. The number of nitrogens with zero attached hydrogens (tertiary/aromatic N) is 3. The Bertz CT molecular complexity index is 515. The van der Waals surface area contributed by atoms with Crippen LogP contribution in [0.4, 0.5) is 0 Å². The Kier molecular flexibility index (Phi) is 2.01. The predicted molar refractivity (Wildman–Crippen MR) is 49.3 cm³/mol. The van der Waals surface area contributed by atoms with E-state index in [9.17, 15) is 4.79 Å². The molecule has 0 aliphatic rings. The van der Waals surface area contributed by atoms with E-state index in [-0.39, 0.29) is 10.7 Å². The van der Waals surface area contributed by atoms with Crippen LogP contribution < -0.4 is 0 Å². The highest BCUT2D eigenvalue weighted by Crippen LogP contribution is 2.22. The maximum atomic E-state index is 10.7. The molecule has 2 rings (SSSR count). The molecule has 0 aliphatic carbocycles. The summed E-state index contributed by atoms with van der Waals surface area (Å²) >= 11 is 5.81. The molecule has 2 heterocycles. The third-order valence-electron chi connectivity index (χ3n) is 1.71. The van der Waals surface area contributed by atoms with Gasteiger partial charge >= 0.3 is 5.97 Å². The van der Waals surface area contributed by atoms with Gasteiger partial charge in [-0.1, -0.05) is 11.6 Å². The monoisotopic (exact) mass is 209 g/mol. The zero-order valence-corrected chi connectivity index (χ0v) is 7.56. The van der Waals surface area contributed by atoms with Gasteiger partial charge in [0, 0.05) is 11.6 Å². The van der Waals surface area contributed by atoms with Gasteiger partial charge in [-0.15, -0.1) is 0 Å². The predicted octanol–water partition coefficient (Wildman–Crippen LogP) is 1.38. The normalized spacial score (nSPS) is 10.4. The first-order valence-electron chi connectivity index (χ1n) is 3.67. The topological polar surface area (TPSA) is 76.0 Å². The van der Waals surface area contributed by atoms with Crippen molar-refractivity contribution in [2.75, 3.05) is 0 Å². The van der Waals surface area contributed by atoms with E-state index in [1.807, 2.05) is 0 Å². The van der Waals surface area contributed by atoms with Crippen molar-refractivity contribution in [1.82, 2.24) is 15.0 Å². The lowest BCUT2D eigenvalue weighted by Gasteiger charge is -2.00. The van der Waals surface area contributed by atoms with Gasteiger partial charge in [-0.2, -0.15) is 0 Å². The Morgan fingerprint density at radius 3 is 2.86 bits per heavy atom. The summed E-state index contributed by atoms with van der Waals surface area (Å²) < 4.78 is 0. The third-order valence-corrected chi connectivity index (χ3v) is 2.09. The van der Waals surface area contributed by atoms with E-state index < -0.39 is 5.97 Å². The van der Waals surface area contributed by atoms with E-state index in [2.05, 4.69) is 15.0 Å². The zero-order valence-electron chi connectivity index (χ0n) is 6.81. The molecule has 0 saturated heterocycles. The zero-order chi connectivity index (χ0) is 10.1. The molecule has 0 radical (unpaired) electrons. The Morgan fingerprint density at radius 2 is 2.14 bits per heavy atom. The van der Waals surface area contributed by atoms with E-state index in [1.54, 1.807) is 0 Å². The fraction of sp³-hybridized carbons (Fsp3) is 0. The fourth-order valence-corrected chi connectivity index (χ4v) is 1.35. The molecule has 1 N–H and O–H groups in total. The van der Waals surface area contributed by atoms with Crippen LogP contribution in [-0.4, -0.2) is 26.0 Å². The smallest absolute Gasteiger partial charge is 0.356 e. The molecular weight excluding hydrogens is 206 g/mol. The summed E-state index contributed by atoms with van der Waals surface area (Å²) in [5.74, 6) is -1.17. The van der Waals surface area contributed by atoms with Gasteiger partial charge in [0.15, 0.2) is 5.69 Å². The lowest BCUT2D eigenvalue weighted by atomic mass is 10.2. The van der Waals surface area contributed by atoms with Crippen LogP contribution in [0, 0.1) is 0 Å². The van der Waals surface area contributed by atoms with Crippen LogP contribution in [0.2, 0.25) is 5.02 Å². The van der Waals surface area contributed by atoms with Crippen LogP contribution >= 0.6 is 11.6 Å². The molecule has 70 valence electrons. The van der Waals surface area contributed by atoms with Crippen LogP contribution in [0.25, 0.3) is 10.9 Å². The summed E-state index contributed by atoms with van der Waals surface area (Å²) in [5, 5.41) is 9.29. The number of aromatic carboxylic acids is 1. The summed E-state index contributed by atoms with van der Waals surface area (Å²) in [5.41, 5.74) is 0.337. The first-order valence-corrected chi connectivity index (χ1v) is 4.05. The van der Waals surface area contributed by atoms with E-state index in [0.29, 0.717) is 10.9 Å². The highest BCUT2D eigenvalue weighted by atomic mass is 35.5. The van der Waals surface area contributed by atoms with Gasteiger partial charge in [-0.25, -0.2) is 19.7 Å². The largest absolute Gasteiger partial charge is 0.476 e. The molecule has 2 aromatic heterocycles. The van der Waals surface area contributed by atoms with Crippen molar-refractivity contribution in [1.29, 1.82) is 0 Å². The highest BCUT2D eigenvalue weighted by molar-refractivity contribution is 6.37. The molecule has 2 aromatic rings. The molecule has 0 amide bonds. The van der Waals surface area contributed by atoms with Crippen LogP contribution in [0.15, 0.2) is 18.7 Å². The second-order valence-corrected chi connectivity index (χ2v) is 2.93. The summed E-state index contributed by atoms with van der Waals surface area (Å²) in [6.45, 7) is 0. The van der Waals surface area contributed by atoms with E-state index in [4.69, 9.17) is 16.7 Å². The molecule has 14 heavy (non-hydrogen) atoms. The number of hydrogen-bond donors (Lipinski definition) is 1. The number of carbonyl (C=O) groups is 1. The minimum absolute atomic E-state index is 0.0654. The standard InChI is InChI=1S/C8H4ClN3O2/c9-6-4-1-10-3-12-5(4)2-11-7(6)8(13)14/h1-3H,(H,13,14). The lowest BCUT2D eigenvalue weighted by molar-refractivity contribution is 0.0691. The molecule has 6 heteroatoms. The molecule has 0 bridgehead atoms. The fourth-order valence-electron chi connectivity index (χ4n) is 1.07. The molecule has 0 spiro atoms. The van der Waals surface area contributed by atoms with Gasteiger partial charge in [0.25, 0.3) is 0 Å². The number of aromatic nitrogens is 3. The Morgan fingerprint density at radius 1 is 1.36 bits per heavy atom. The van der Waals surface area contributed by atoms with Gasteiger partial charge in [0.05, 0.1) is 16.7 Å². The molecule has 0 aliphatic heterocycles. The van der Waals surface area contributed by atoms with Crippen LogP contribution in [0.3, 0.4) is 0 Å². The van der Waals surface area contributed by atoms with E-state index >= 15 is 0 Å². The molecule has 5 nitrogen and oxygen atoms in total. The first kappa shape index (κ1) is 8.83. The maximum Gasteiger partial charge on any atom is 0.356 e. The number of rotatable bonds is 1. The summed E-state index contributed by atoms with van der Waals surface area (Å²) in [6.07, 6.45) is 4.16. The molecule has 0 atom stereocenters. The molecule has 0 aromatic carbocycles. The van der Waals surface area contributed by atoms with Crippen LogP contribution in [0.1, 0.15) is 10.5 Å². The quantitative estimate of drug-likeness (QED) is 0.768. The van der Waals surface area contributed by atoms with Crippen molar-refractivity contribution >= 4 is 28.5 Å². The SMILES string of the molecule is O=C(O)c1ncc2ncncc2c1Cl. The summed E-state index contributed by atoms with van der Waals surface area (Å²) in [4.78, 5) is 22.0. The Labute approximate surface area is 83.4 Å². The number of fused-ring (bicyclic) bond motifs is 1. The van der Waals surface area contributed by atoms with Gasteiger partial charge in [0.1, 0.15) is 6.33 Å². The van der Waals surface area contributed by atoms with Gasteiger partial charge in [-0.3, -0.25) is 0 Å². The molecule has 0 unspecified atom stereocenters. The average molecular weight is 210 g/mol. The van der Waals surface area contributed by atoms with Crippen molar-refractivity contribution in [2.24, 2.45) is 0 Å². The average Bonchev–Trinajstić information content (AvgIpc) is 2.18. The second kappa shape index (κ2) is 3.19. The maximum absolute atomic E-state index is 10.7. The molecular formula is C8H4ClN3O2. The summed E-state index contributed by atoms with van der Waals surface area (Å²) in [7, 11) is 0. The van der Waals surface area contributed by atoms with Crippen LogP contribution in [0.5, 0.6) is 0 Å². The minimum Gasteiger partial charge on any atom is -0.476 e. The lowest BCUT2D eigenvalue weighted by Crippen LogP contribution is -2.01. The van der Waals surface area contributed by atoms with Gasteiger partial charge in [0.2, 0.25) is 0 Å². The van der Waals surface area contributed by atoms with Crippen molar-refractivity contribution in [3.05, 3.63) is 29.4 Å². The third kappa shape index (κ3) is 1.27. The van der Waals surface area contributed by atoms with Gasteiger partial charge < -0.3 is 5.11 Å². The van der Waals surface area contributed by atoms with Crippen molar-refractivity contribution in [3.63, 3.8) is 0 Å². The summed E-state index contributed by atoms with van der Waals surface area (Å²) in [6, 6.07) is 0. The first-order chi connectivity index (χ1) is 6.70. The van der Waals surface area contributed by atoms with Gasteiger partial charge in [-0.05, 0) is 0 Å². The number of carboxylic acids is 1. The number of halogens is 1. The van der Waals surface area contributed by atoms with E-state index in [1.165, 1.54) is 18.7 Å².